The predicted octanol–water partition coefficient (Wildman–Crippen LogP) is 3.70. The smallest absolute Gasteiger partial charge is 0.408 e. The van der Waals surface area contributed by atoms with Crippen molar-refractivity contribution in [2.24, 2.45) is 0 Å². The molecule has 0 aromatic carbocycles. The number of carbonyl (C=O) groups excluding carboxylic acids is 2. The van der Waals surface area contributed by atoms with Crippen molar-refractivity contribution in [3.8, 4) is 0 Å². The van der Waals surface area contributed by atoms with Crippen LogP contribution in [-0.2, 0) is 11.3 Å². The molecule has 0 spiro atoms. The van der Waals surface area contributed by atoms with Crippen LogP contribution in [0.4, 0.5) is 4.79 Å². The van der Waals surface area contributed by atoms with E-state index in [2.05, 4.69) is 10.6 Å². The van der Waals surface area contributed by atoms with Gasteiger partial charge in [0.2, 0.25) is 0 Å². The van der Waals surface area contributed by atoms with Gasteiger partial charge >= 0.3 is 6.09 Å². The third kappa shape index (κ3) is 5.70. The Bertz CT molecular complexity index is 739. The summed E-state index contributed by atoms with van der Waals surface area (Å²) in [5.41, 5.74) is -0.571. The number of aryl methyl sites for hydroxylation is 1. The van der Waals surface area contributed by atoms with E-state index in [1.54, 1.807) is 32.9 Å². The van der Waals surface area contributed by atoms with Crippen LogP contribution in [0, 0.1) is 6.92 Å². The fourth-order valence-electron chi connectivity index (χ4n) is 2.09. The van der Waals surface area contributed by atoms with E-state index in [4.69, 9.17) is 13.6 Å². The molecule has 2 aromatic rings. The molecule has 0 aliphatic carbocycles. The quantitative estimate of drug-likeness (QED) is 0.859. The molecule has 0 fully saturated rings. The van der Waals surface area contributed by atoms with Crippen molar-refractivity contribution in [2.75, 3.05) is 0 Å². The minimum absolute atomic E-state index is 0.134. The van der Waals surface area contributed by atoms with Crippen LogP contribution in [0.2, 0.25) is 0 Å². The Kier molecular flexibility index (Phi) is 5.56. The van der Waals surface area contributed by atoms with Crippen LogP contribution >= 0.6 is 0 Å². The summed E-state index contributed by atoms with van der Waals surface area (Å²) in [6.45, 7) is 9.14. The zero-order valence-corrected chi connectivity index (χ0v) is 15.1. The monoisotopic (exact) mass is 348 g/mol. The van der Waals surface area contributed by atoms with Gasteiger partial charge in [-0.15, -0.1) is 0 Å². The molecule has 2 aromatic heterocycles. The molecule has 0 saturated heterocycles. The number of nitrogens with one attached hydrogen (secondary N) is 2. The lowest BCUT2D eigenvalue weighted by atomic mass is 10.2. The molecular formula is C18H24N2O5. The van der Waals surface area contributed by atoms with Crippen molar-refractivity contribution < 1.29 is 23.2 Å². The minimum atomic E-state index is -0.571. The Hall–Kier alpha value is -2.70. The molecule has 0 aliphatic heterocycles. The molecule has 7 nitrogen and oxygen atoms in total. The van der Waals surface area contributed by atoms with E-state index in [0.717, 1.165) is 5.76 Å². The van der Waals surface area contributed by atoms with Gasteiger partial charge in [-0.2, -0.15) is 0 Å². The molecule has 136 valence electrons. The van der Waals surface area contributed by atoms with Gasteiger partial charge in [-0.05, 0) is 58.9 Å². The van der Waals surface area contributed by atoms with Crippen molar-refractivity contribution in [3.63, 3.8) is 0 Å². The second-order valence-corrected chi connectivity index (χ2v) is 6.76. The Morgan fingerprint density at radius 3 is 2.48 bits per heavy atom. The Labute approximate surface area is 146 Å². The normalized spacial score (nSPS) is 12.5. The highest BCUT2D eigenvalue weighted by molar-refractivity contribution is 5.91. The summed E-state index contributed by atoms with van der Waals surface area (Å²) in [5.74, 6) is 1.72. The SMILES string of the molecule is Cc1ccc([C@H](C)NC(=O)c2ccc(CNC(=O)OC(C)(C)C)o2)o1. The van der Waals surface area contributed by atoms with Gasteiger partial charge in [0.1, 0.15) is 22.9 Å². The summed E-state index contributed by atoms with van der Waals surface area (Å²) >= 11 is 0. The summed E-state index contributed by atoms with van der Waals surface area (Å²) in [6, 6.07) is 6.56. The van der Waals surface area contributed by atoms with Gasteiger partial charge in [0.25, 0.3) is 5.91 Å². The highest BCUT2D eigenvalue weighted by Gasteiger charge is 2.18. The molecule has 2 amide bonds. The maximum absolute atomic E-state index is 12.2. The van der Waals surface area contributed by atoms with Gasteiger partial charge < -0.3 is 24.2 Å². The topological polar surface area (TPSA) is 93.7 Å². The zero-order valence-electron chi connectivity index (χ0n) is 15.1. The van der Waals surface area contributed by atoms with Crippen LogP contribution in [0.5, 0.6) is 0 Å². The van der Waals surface area contributed by atoms with E-state index < -0.39 is 11.7 Å². The van der Waals surface area contributed by atoms with Crippen molar-refractivity contribution in [3.05, 3.63) is 47.3 Å². The lowest BCUT2D eigenvalue weighted by Crippen LogP contribution is -2.32. The molecule has 0 saturated carbocycles. The second-order valence-electron chi connectivity index (χ2n) is 6.76. The van der Waals surface area contributed by atoms with Crippen LogP contribution in [0.15, 0.2) is 33.1 Å². The maximum atomic E-state index is 12.2. The molecule has 2 heterocycles. The molecule has 2 rings (SSSR count). The van der Waals surface area contributed by atoms with E-state index in [-0.39, 0.29) is 24.3 Å². The van der Waals surface area contributed by atoms with Crippen LogP contribution in [0.3, 0.4) is 0 Å². The Morgan fingerprint density at radius 2 is 1.88 bits per heavy atom. The summed E-state index contributed by atoms with van der Waals surface area (Å²) in [7, 11) is 0. The Balaban J connectivity index is 1.87. The first kappa shape index (κ1) is 18.6. The molecule has 0 bridgehead atoms. The number of amides is 2. The highest BCUT2D eigenvalue weighted by atomic mass is 16.6. The predicted molar refractivity (Wildman–Crippen MR) is 91.1 cm³/mol. The number of hydrogen-bond donors (Lipinski definition) is 2. The van der Waals surface area contributed by atoms with Crippen molar-refractivity contribution in [1.82, 2.24) is 10.6 Å². The second kappa shape index (κ2) is 7.46. The largest absolute Gasteiger partial charge is 0.464 e. The Morgan fingerprint density at radius 1 is 1.16 bits per heavy atom. The highest BCUT2D eigenvalue weighted by Crippen LogP contribution is 2.17. The van der Waals surface area contributed by atoms with E-state index in [9.17, 15) is 9.59 Å². The average Bonchev–Trinajstić information content (AvgIpc) is 3.12. The fourth-order valence-corrected chi connectivity index (χ4v) is 2.09. The van der Waals surface area contributed by atoms with Crippen LogP contribution in [0.1, 0.15) is 61.6 Å². The van der Waals surface area contributed by atoms with Crippen LogP contribution < -0.4 is 10.6 Å². The molecule has 0 aliphatic rings. The molecule has 7 heteroatoms. The summed E-state index contributed by atoms with van der Waals surface area (Å²) < 4.78 is 16.1. The minimum Gasteiger partial charge on any atom is -0.464 e. The lowest BCUT2D eigenvalue weighted by molar-refractivity contribution is 0.0520. The van der Waals surface area contributed by atoms with Crippen LogP contribution in [-0.4, -0.2) is 17.6 Å². The standard InChI is InChI=1S/C18H24N2O5/c1-11-6-8-14(23-11)12(2)20-16(21)15-9-7-13(24-15)10-19-17(22)25-18(3,4)5/h6-9,12H,10H2,1-5H3,(H,19,22)(H,20,21)/t12-/m0/s1. The van der Waals surface area contributed by atoms with E-state index in [1.807, 2.05) is 26.0 Å². The van der Waals surface area contributed by atoms with Crippen molar-refractivity contribution >= 4 is 12.0 Å². The van der Waals surface area contributed by atoms with E-state index >= 15 is 0 Å². The number of alkyl carbamates (subject to hydrolysis) is 1. The average molecular weight is 348 g/mol. The lowest BCUT2D eigenvalue weighted by Gasteiger charge is -2.19. The van der Waals surface area contributed by atoms with Gasteiger partial charge in [0.05, 0.1) is 12.6 Å². The van der Waals surface area contributed by atoms with Gasteiger partial charge in [-0.1, -0.05) is 0 Å². The molecular weight excluding hydrogens is 324 g/mol. The number of carbonyl (C=O) groups is 2. The number of ether oxygens (including phenoxy) is 1. The molecule has 25 heavy (non-hydrogen) atoms. The molecule has 1 atom stereocenters. The number of rotatable bonds is 5. The van der Waals surface area contributed by atoms with E-state index in [1.165, 1.54) is 0 Å². The van der Waals surface area contributed by atoms with Crippen molar-refractivity contribution in [2.45, 2.75) is 52.8 Å². The van der Waals surface area contributed by atoms with Gasteiger partial charge in [-0.25, -0.2) is 4.79 Å². The number of hydrogen-bond acceptors (Lipinski definition) is 5. The zero-order chi connectivity index (χ0) is 18.6. The van der Waals surface area contributed by atoms with Gasteiger partial charge in [-0.3, -0.25) is 4.79 Å². The maximum Gasteiger partial charge on any atom is 0.408 e. The third-order valence-corrected chi connectivity index (χ3v) is 3.23. The number of furan rings is 2. The first-order valence-electron chi connectivity index (χ1n) is 8.07. The first-order valence-corrected chi connectivity index (χ1v) is 8.07. The third-order valence-electron chi connectivity index (χ3n) is 3.23. The first-order chi connectivity index (χ1) is 11.6. The van der Waals surface area contributed by atoms with Crippen LogP contribution in [0.25, 0.3) is 0 Å². The molecule has 0 unspecified atom stereocenters. The molecule has 2 N–H and O–H groups in total. The van der Waals surface area contributed by atoms with Gasteiger partial charge in [0.15, 0.2) is 5.76 Å². The summed E-state index contributed by atoms with van der Waals surface area (Å²) in [6.07, 6.45) is -0.545. The molecule has 0 radical (unpaired) electrons. The van der Waals surface area contributed by atoms with E-state index in [0.29, 0.717) is 11.5 Å². The summed E-state index contributed by atoms with van der Waals surface area (Å²) in [4.78, 5) is 23.8. The summed E-state index contributed by atoms with van der Waals surface area (Å²) in [5, 5.41) is 5.37. The fraction of sp³-hybridized carbons (Fsp3) is 0.444. The van der Waals surface area contributed by atoms with Gasteiger partial charge in [0, 0.05) is 0 Å². The van der Waals surface area contributed by atoms with Crippen molar-refractivity contribution in [1.29, 1.82) is 0 Å².